The Morgan fingerprint density at radius 2 is 1.50 bits per heavy atom. The van der Waals surface area contributed by atoms with Crippen LogP contribution in [0.4, 0.5) is 0 Å². The second-order valence-corrected chi connectivity index (χ2v) is 5.97. The van der Waals surface area contributed by atoms with E-state index in [1.54, 1.807) is 30.7 Å². The highest BCUT2D eigenvalue weighted by molar-refractivity contribution is 5.79. The maximum Gasteiger partial charge on any atom is 0.302 e. The molecule has 28 heavy (non-hydrogen) atoms. The Morgan fingerprint density at radius 1 is 0.786 bits per heavy atom. The van der Waals surface area contributed by atoms with Crippen molar-refractivity contribution in [1.29, 1.82) is 0 Å². The molecule has 0 N–H and O–H groups in total. The van der Waals surface area contributed by atoms with Crippen LogP contribution in [-0.2, 0) is 32.3 Å². The van der Waals surface area contributed by atoms with Gasteiger partial charge in [-0.1, -0.05) is 6.07 Å². The lowest BCUT2D eigenvalue weighted by Gasteiger charge is -2.16. The number of aromatic nitrogens is 3. The lowest BCUT2D eigenvalue weighted by molar-refractivity contribution is -0.143. The summed E-state index contributed by atoms with van der Waals surface area (Å²) >= 11 is 0. The number of ether oxygens (including phenoxy) is 2. The van der Waals surface area contributed by atoms with Crippen LogP contribution in [0.1, 0.15) is 25.0 Å². The van der Waals surface area contributed by atoms with Crippen LogP contribution in [0.25, 0.3) is 22.6 Å². The van der Waals surface area contributed by atoms with Crippen molar-refractivity contribution >= 4 is 11.9 Å². The molecule has 0 fully saturated rings. The SMILES string of the molecule is CC(=O)OCc1ccnc(-c2cccnc2-c2ccccn2)c1COC(C)=O. The lowest BCUT2D eigenvalue weighted by Crippen LogP contribution is -2.08. The molecule has 7 nitrogen and oxygen atoms in total. The second-order valence-electron chi connectivity index (χ2n) is 5.97. The topological polar surface area (TPSA) is 91.3 Å². The number of hydrogen-bond donors (Lipinski definition) is 0. The van der Waals surface area contributed by atoms with Crippen LogP contribution >= 0.6 is 0 Å². The van der Waals surface area contributed by atoms with Crippen molar-refractivity contribution < 1.29 is 19.1 Å². The molecule has 0 saturated heterocycles. The van der Waals surface area contributed by atoms with Gasteiger partial charge in [0.25, 0.3) is 0 Å². The Labute approximate surface area is 162 Å². The van der Waals surface area contributed by atoms with E-state index in [2.05, 4.69) is 15.0 Å². The molecule has 0 amide bonds. The van der Waals surface area contributed by atoms with E-state index in [1.807, 2.05) is 24.3 Å². The number of hydrogen-bond acceptors (Lipinski definition) is 7. The highest BCUT2D eigenvalue weighted by Gasteiger charge is 2.18. The van der Waals surface area contributed by atoms with E-state index in [0.717, 1.165) is 5.56 Å². The number of esters is 2. The van der Waals surface area contributed by atoms with Gasteiger partial charge in [0.05, 0.1) is 17.1 Å². The molecule has 0 bridgehead atoms. The first-order valence-electron chi connectivity index (χ1n) is 8.66. The quantitative estimate of drug-likeness (QED) is 0.609. The Morgan fingerprint density at radius 3 is 2.21 bits per heavy atom. The molecule has 3 aromatic heterocycles. The molecule has 3 rings (SSSR count). The Balaban J connectivity index is 2.12. The van der Waals surface area contributed by atoms with Crippen LogP contribution in [0, 0.1) is 0 Å². The largest absolute Gasteiger partial charge is 0.461 e. The smallest absolute Gasteiger partial charge is 0.302 e. The summed E-state index contributed by atoms with van der Waals surface area (Å²) in [6.07, 6.45) is 5.00. The van der Waals surface area contributed by atoms with Crippen LogP contribution in [0.15, 0.2) is 55.0 Å². The second kappa shape index (κ2) is 8.85. The monoisotopic (exact) mass is 377 g/mol. The minimum Gasteiger partial charge on any atom is -0.461 e. The van der Waals surface area contributed by atoms with E-state index >= 15 is 0 Å². The zero-order valence-electron chi connectivity index (χ0n) is 15.6. The summed E-state index contributed by atoms with van der Waals surface area (Å²) in [5, 5.41) is 0. The normalized spacial score (nSPS) is 10.4. The number of nitrogens with zero attached hydrogens (tertiary/aromatic N) is 3. The third-order valence-corrected chi connectivity index (χ3v) is 3.97. The average Bonchev–Trinajstić information content (AvgIpc) is 2.71. The summed E-state index contributed by atoms with van der Waals surface area (Å²) in [5.74, 6) is -0.809. The van der Waals surface area contributed by atoms with Crippen molar-refractivity contribution in [3.05, 3.63) is 66.1 Å². The number of carbonyl (C=O) groups excluding carboxylic acids is 2. The van der Waals surface area contributed by atoms with Gasteiger partial charge in [0.2, 0.25) is 0 Å². The predicted molar refractivity (Wildman–Crippen MR) is 102 cm³/mol. The Kier molecular flexibility index (Phi) is 6.06. The minimum absolute atomic E-state index is 0.00561. The Bertz CT molecular complexity index is 990. The van der Waals surface area contributed by atoms with Gasteiger partial charge in [-0.2, -0.15) is 0 Å². The summed E-state index contributed by atoms with van der Waals surface area (Å²) in [4.78, 5) is 36.0. The zero-order valence-corrected chi connectivity index (χ0v) is 15.6. The predicted octanol–water partition coefficient (Wildman–Crippen LogP) is 3.33. The first kappa shape index (κ1) is 19.2. The maximum absolute atomic E-state index is 11.4. The first-order chi connectivity index (χ1) is 13.6. The summed E-state index contributed by atoms with van der Waals surface area (Å²) < 4.78 is 10.4. The molecular weight excluding hydrogens is 358 g/mol. The van der Waals surface area contributed by atoms with E-state index in [-0.39, 0.29) is 13.2 Å². The van der Waals surface area contributed by atoms with Gasteiger partial charge in [0.15, 0.2) is 0 Å². The van der Waals surface area contributed by atoms with Crippen LogP contribution in [-0.4, -0.2) is 26.9 Å². The summed E-state index contributed by atoms with van der Waals surface area (Å²) in [7, 11) is 0. The van der Waals surface area contributed by atoms with Crippen LogP contribution in [0.5, 0.6) is 0 Å². The lowest BCUT2D eigenvalue weighted by atomic mass is 9.99. The molecule has 0 aliphatic carbocycles. The van der Waals surface area contributed by atoms with E-state index in [4.69, 9.17) is 9.47 Å². The van der Waals surface area contributed by atoms with Crippen molar-refractivity contribution in [2.45, 2.75) is 27.1 Å². The van der Waals surface area contributed by atoms with E-state index in [1.165, 1.54) is 13.8 Å². The number of pyridine rings is 3. The van der Waals surface area contributed by atoms with Crippen LogP contribution < -0.4 is 0 Å². The van der Waals surface area contributed by atoms with Gasteiger partial charge in [-0.05, 0) is 35.9 Å². The summed E-state index contributed by atoms with van der Waals surface area (Å²) in [6, 6.07) is 11.0. The fraction of sp³-hybridized carbons (Fsp3) is 0.190. The third kappa shape index (κ3) is 4.56. The molecule has 3 heterocycles. The Hall–Kier alpha value is -3.61. The van der Waals surface area contributed by atoms with Crippen molar-refractivity contribution in [3.63, 3.8) is 0 Å². The van der Waals surface area contributed by atoms with Crippen molar-refractivity contribution in [3.8, 4) is 22.6 Å². The fourth-order valence-electron chi connectivity index (χ4n) is 2.72. The zero-order chi connectivity index (χ0) is 19.9. The molecule has 0 aromatic carbocycles. The molecule has 142 valence electrons. The molecule has 0 unspecified atom stereocenters. The standard InChI is InChI=1S/C21H19N3O4/c1-14(25)27-12-16-8-11-24-20(18(16)13-28-15(2)26)17-6-5-10-23-21(17)19-7-3-4-9-22-19/h3-11H,12-13H2,1-2H3. The van der Waals surface area contributed by atoms with Gasteiger partial charge in [-0.25, -0.2) is 0 Å². The van der Waals surface area contributed by atoms with Gasteiger partial charge >= 0.3 is 11.9 Å². The molecule has 0 aliphatic rings. The number of carbonyl (C=O) groups is 2. The average molecular weight is 377 g/mol. The van der Waals surface area contributed by atoms with Crippen molar-refractivity contribution in [1.82, 2.24) is 15.0 Å². The molecule has 0 saturated carbocycles. The minimum atomic E-state index is -0.413. The van der Waals surface area contributed by atoms with E-state index in [0.29, 0.717) is 28.2 Å². The molecular formula is C21H19N3O4. The van der Waals surface area contributed by atoms with Gasteiger partial charge < -0.3 is 9.47 Å². The molecule has 0 aliphatic heterocycles. The van der Waals surface area contributed by atoms with Crippen LogP contribution in [0.2, 0.25) is 0 Å². The van der Waals surface area contributed by atoms with Gasteiger partial charge in [-0.3, -0.25) is 24.5 Å². The van der Waals surface area contributed by atoms with Gasteiger partial charge in [0.1, 0.15) is 13.2 Å². The summed E-state index contributed by atoms with van der Waals surface area (Å²) in [5.41, 5.74) is 4.06. The number of rotatable bonds is 6. The molecule has 0 atom stereocenters. The van der Waals surface area contributed by atoms with Gasteiger partial charge in [0, 0.05) is 43.6 Å². The molecule has 7 heteroatoms. The van der Waals surface area contributed by atoms with Crippen LogP contribution in [0.3, 0.4) is 0 Å². The third-order valence-electron chi connectivity index (χ3n) is 3.97. The first-order valence-corrected chi connectivity index (χ1v) is 8.66. The highest BCUT2D eigenvalue weighted by Crippen LogP contribution is 2.32. The summed E-state index contributed by atoms with van der Waals surface area (Å²) in [6.45, 7) is 2.74. The molecule has 0 spiro atoms. The fourth-order valence-corrected chi connectivity index (χ4v) is 2.72. The highest BCUT2D eigenvalue weighted by atomic mass is 16.5. The molecule has 0 radical (unpaired) electrons. The van der Waals surface area contributed by atoms with Gasteiger partial charge in [-0.15, -0.1) is 0 Å². The van der Waals surface area contributed by atoms with E-state index in [9.17, 15) is 9.59 Å². The van der Waals surface area contributed by atoms with Crippen molar-refractivity contribution in [2.75, 3.05) is 0 Å². The van der Waals surface area contributed by atoms with E-state index < -0.39 is 11.9 Å². The maximum atomic E-state index is 11.4. The van der Waals surface area contributed by atoms with Crippen molar-refractivity contribution in [2.24, 2.45) is 0 Å². The molecule has 3 aromatic rings.